The van der Waals surface area contributed by atoms with E-state index in [2.05, 4.69) is 31.2 Å². The van der Waals surface area contributed by atoms with Gasteiger partial charge in [-0.25, -0.2) is 9.18 Å². The predicted molar refractivity (Wildman–Crippen MR) is 118 cm³/mol. The van der Waals surface area contributed by atoms with Crippen LogP contribution in [0.5, 0.6) is 0 Å². The van der Waals surface area contributed by atoms with Crippen LogP contribution in [0, 0.1) is 18.7 Å². The molecule has 3 heteroatoms. The van der Waals surface area contributed by atoms with Crippen LogP contribution < -0.4 is 0 Å². The van der Waals surface area contributed by atoms with Crippen molar-refractivity contribution in [2.45, 2.75) is 83.7 Å². The minimum Gasteiger partial charge on any atom is -0.453 e. The smallest absolute Gasteiger partial charge is 0.342 e. The highest BCUT2D eigenvalue weighted by Gasteiger charge is 2.31. The fourth-order valence-corrected chi connectivity index (χ4v) is 5.18. The van der Waals surface area contributed by atoms with Crippen LogP contribution in [0.1, 0.15) is 103 Å². The summed E-state index contributed by atoms with van der Waals surface area (Å²) in [6, 6.07) is 12.2. The van der Waals surface area contributed by atoms with Crippen LogP contribution in [-0.2, 0) is 11.2 Å². The summed E-state index contributed by atoms with van der Waals surface area (Å²) in [4.78, 5) is 12.4. The largest absolute Gasteiger partial charge is 0.453 e. The van der Waals surface area contributed by atoms with E-state index in [1.807, 2.05) is 6.07 Å². The van der Waals surface area contributed by atoms with E-state index in [4.69, 9.17) is 4.74 Å². The number of carbonyl (C=O) groups excluding carboxylic acids is 1. The summed E-state index contributed by atoms with van der Waals surface area (Å²) in [5.41, 5.74) is 3.72. The first-order chi connectivity index (χ1) is 14.6. The van der Waals surface area contributed by atoms with Crippen LogP contribution in [0.25, 0.3) is 0 Å². The van der Waals surface area contributed by atoms with Crippen molar-refractivity contribution in [3.63, 3.8) is 0 Å². The molecule has 1 fully saturated rings. The summed E-state index contributed by atoms with van der Waals surface area (Å²) < 4.78 is 19.9. The van der Waals surface area contributed by atoms with E-state index in [1.165, 1.54) is 56.9 Å². The molecule has 0 amide bonds. The maximum Gasteiger partial charge on any atom is 0.342 e. The molecule has 1 saturated carbocycles. The third-order valence-electron chi connectivity index (χ3n) is 7.12. The predicted octanol–water partition coefficient (Wildman–Crippen LogP) is 7.44. The van der Waals surface area contributed by atoms with E-state index in [0.29, 0.717) is 17.9 Å². The van der Waals surface area contributed by atoms with E-state index in [9.17, 15) is 9.18 Å². The number of benzene rings is 2. The van der Waals surface area contributed by atoms with Crippen molar-refractivity contribution in [3.8, 4) is 0 Å². The zero-order chi connectivity index (χ0) is 21.1. The average Bonchev–Trinajstić information content (AvgIpc) is 2.77. The SMILES string of the molecule is CCCCCC1CCC(c2ccc(C3Cc4ccc(C)c(F)c4C(=O)O3)cc2)CC1. The number of fused-ring (bicyclic) bond motifs is 1. The van der Waals surface area contributed by atoms with E-state index in [0.717, 1.165) is 17.0 Å². The first-order valence-electron chi connectivity index (χ1n) is 11.7. The number of unbranched alkanes of at least 4 members (excludes halogenated alkanes) is 2. The molecule has 2 nitrogen and oxygen atoms in total. The number of cyclic esters (lactones) is 1. The Balaban J connectivity index is 1.39. The number of aryl methyl sites for hydroxylation is 1. The first kappa shape index (κ1) is 21.1. The van der Waals surface area contributed by atoms with Crippen LogP contribution in [-0.4, -0.2) is 5.97 Å². The Morgan fingerprint density at radius 3 is 2.37 bits per heavy atom. The molecule has 1 atom stereocenters. The minimum atomic E-state index is -0.548. The van der Waals surface area contributed by atoms with Crippen LogP contribution >= 0.6 is 0 Å². The molecular formula is C27H33FO2. The summed E-state index contributed by atoms with van der Waals surface area (Å²) in [6.45, 7) is 3.94. The lowest BCUT2D eigenvalue weighted by atomic mass is 9.77. The Morgan fingerprint density at radius 1 is 0.967 bits per heavy atom. The number of hydrogen-bond donors (Lipinski definition) is 0. The maximum atomic E-state index is 14.3. The highest BCUT2D eigenvalue weighted by Crippen LogP contribution is 2.39. The zero-order valence-corrected chi connectivity index (χ0v) is 18.3. The molecule has 2 aromatic carbocycles. The van der Waals surface area contributed by atoms with E-state index in [-0.39, 0.29) is 11.7 Å². The molecule has 0 aromatic heterocycles. The molecular weight excluding hydrogens is 375 g/mol. The number of hydrogen-bond acceptors (Lipinski definition) is 2. The van der Waals surface area contributed by atoms with Gasteiger partial charge in [-0.2, -0.15) is 0 Å². The Hall–Kier alpha value is -2.16. The molecule has 0 saturated heterocycles. The molecule has 0 spiro atoms. The molecule has 30 heavy (non-hydrogen) atoms. The fourth-order valence-electron chi connectivity index (χ4n) is 5.18. The second-order valence-electron chi connectivity index (χ2n) is 9.21. The standard InChI is InChI=1S/C27H33FO2/c1-3-4-5-6-19-8-11-20(12-9-19)21-13-15-22(16-14-21)24-17-23-10-7-18(2)26(28)25(23)27(29)30-24/h7,10,13-16,19-20,24H,3-6,8-9,11-12,17H2,1-2H3. The van der Waals surface area contributed by atoms with Gasteiger partial charge in [0.15, 0.2) is 0 Å². The Morgan fingerprint density at radius 2 is 1.67 bits per heavy atom. The lowest BCUT2D eigenvalue weighted by Gasteiger charge is -2.29. The number of rotatable bonds is 6. The van der Waals surface area contributed by atoms with Crippen LogP contribution in [0.4, 0.5) is 4.39 Å². The van der Waals surface area contributed by atoms with Gasteiger partial charge in [0.25, 0.3) is 0 Å². The highest BCUT2D eigenvalue weighted by atomic mass is 19.1. The normalized spacial score (nSPS) is 23.7. The van der Waals surface area contributed by atoms with Crippen molar-refractivity contribution in [1.82, 2.24) is 0 Å². The summed E-state index contributed by atoms with van der Waals surface area (Å²) in [5, 5.41) is 0. The van der Waals surface area contributed by atoms with Crippen molar-refractivity contribution >= 4 is 5.97 Å². The third-order valence-corrected chi connectivity index (χ3v) is 7.12. The summed E-state index contributed by atoms with van der Waals surface area (Å²) >= 11 is 0. The van der Waals surface area contributed by atoms with Gasteiger partial charge >= 0.3 is 5.97 Å². The zero-order valence-electron chi connectivity index (χ0n) is 18.3. The van der Waals surface area contributed by atoms with Crippen LogP contribution in [0.15, 0.2) is 36.4 Å². The fraction of sp³-hybridized carbons (Fsp3) is 0.519. The minimum absolute atomic E-state index is 0.110. The van der Waals surface area contributed by atoms with Gasteiger partial charge in [0.1, 0.15) is 11.9 Å². The van der Waals surface area contributed by atoms with Gasteiger partial charge in [-0.1, -0.05) is 69.0 Å². The summed E-state index contributed by atoms with van der Waals surface area (Å²) in [7, 11) is 0. The van der Waals surface area contributed by atoms with E-state index >= 15 is 0 Å². The van der Waals surface area contributed by atoms with Crippen LogP contribution in [0.2, 0.25) is 0 Å². The summed E-state index contributed by atoms with van der Waals surface area (Å²) in [6.07, 6.45) is 10.9. The molecule has 2 aromatic rings. The lowest BCUT2D eigenvalue weighted by Crippen LogP contribution is -2.23. The lowest BCUT2D eigenvalue weighted by molar-refractivity contribution is 0.0245. The van der Waals surface area contributed by atoms with Gasteiger partial charge in [0.05, 0.1) is 5.56 Å². The van der Waals surface area contributed by atoms with Crippen LogP contribution in [0.3, 0.4) is 0 Å². The molecule has 160 valence electrons. The second-order valence-corrected chi connectivity index (χ2v) is 9.21. The molecule has 0 bridgehead atoms. The molecule has 1 unspecified atom stereocenters. The Kier molecular flexibility index (Phi) is 6.55. The molecule has 0 N–H and O–H groups in total. The molecule has 1 aliphatic carbocycles. The Labute approximate surface area is 179 Å². The summed E-state index contributed by atoms with van der Waals surface area (Å²) in [5.74, 6) is 0.565. The van der Waals surface area contributed by atoms with Gasteiger partial charge < -0.3 is 4.74 Å². The number of esters is 1. The van der Waals surface area contributed by atoms with Crippen molar-refractivity contribution in [2.24, 2.45) is 5.92 Å². The Bertz CT molecular complexity index is 878. The van der Waals surface area contributed by atoms with Crippen molar-refractivity contribution in [1.29, 1.82) is 0 Å². The number of carbonyl (C=O) groups is 1. The van der Waals surface area contributed by atoms with Gasteiger partial charge in [0, 0.05) is 6.42 Å². The second kappa shape index (κ2) is 9.32. The average molecular weight is 409 g/mol. The molecule has 1 heterocycles. The molecule has 4 rings (SSSR count). The maximum absolute atomic E-state index is 14.3. The quantitative estimate of drug-likeness (QED) is 0.367. The van der Waals surface area contributed by atoms with Crippen molar-refractivity contribution < 1.29 is 13.9 Å². The third kappa shape index (κ3) is 4.45. The van der Waals surface area contributed by atoms with Crippen molar-refractivity contribution in [3.05, 3.63) is 70.0 Å². The molecule has 0 radical (unpaired) electrons. The van der Waals surface area contributed by atoms with E-state index in [1.54, 1.807) is 13.0 Å². The molecule has 1 aliphatic heterocycles. The monoisotopic (exact) mass is 408 g/mol. The van der Waals surface area contributed by atoms with Gasteiger partial charge in [-0.15, -0.1) is 0 Å². The van der Waals surface area contributed by atoms with Gasteiger partial charge in [-0.3, -0.25) is 0 Å². The van der Waals surface area contributed by atoms with Gasteiger partial charge in [0.2, 0.25) is 0 Å². The number of ether oxygens (including phenoxy) is 1. The highest BCUT2D eigenvalue weighted by molar-refractivity contribution is 5.92. The van der Waals surface area contributed by atoms with E-state index < -0.39 is 11.8 Å². The number of halogens is 1. The topological polar surface area (TPSA) is 26.3 Å². The van der Waals surface area contributed by atoms with Crippen molar-refractivity contribution in [2.75, 3.05) is 0 Å². The molecule has 2 aliphatic rings. The van der Waals surface area contributed by atoms with Gasteiger partial charge in [-0.05, 0) is 66.7 Å². The first-order valence-corrected chi connectivity index (χ1v) is 11.7.